The summed E-state index contributed by atoms with van der Waals surface area (Å²) < 4.78 is 5.15. The van der Waals surface area contributed by atoms with Gasteiger partial charge in [0.15, 0.2) is 12.4 Å². The fourth-order valence-corrected chi connectivity index (χ4v) is 2.84. The minimum Gasteiger partial charge on any atom is -0.477 e. The van der Waals surface area contributed by atoms with Crippen LogP contribution in [0.3, 0.4) is 0 Å². The number of ether oxygens (including phenoxy) is 1. The maximum atomic E-state index is 12.4. The Labute approximate surface area is 188 Å². The Kier molecular flexibility index (Phi) is 7.32. The van der Waals surface area contributed by atoms with E-state index >= 15 is 0 Å². The summed E-state index contributed by atoms with van der Waals surface area (Å²) in [4.78, 5) is 46.8. The summed E-state index contributed by atoms with van der Waals surface area (Å²) in [6, 6.07) is 18.9. The molecule has 0 aliphatic rings. The molecule has 10 heteroatoms. The van der Waals surface area contributed by atoms with E-state index in [9.17, 15) is 24.5 Å². The Morgan fingerprint density at radius 1 is 0.879 bits per heavy atom. The third-order valence-electron chi connectivity index (χ3n) is 4.53. The maximum absolute atomic E-state index is 12.4. The highest BCUT2D eigenvalue weighted by Crippen LogP contribution is 2.25. The highest BCUT2D eigenvalue weighted by Gasteiger charge is 2.15. The van der Waals surface area contributed by atoms with Gasteiger partial charge in [-0.1, -0.05) is 30.3 Å². The van der Waals surface area contributed by atoms with E-state index in [-0.39, 0.29) is 22.9 Å². The predicted octanol–water partition coefficient (Wildman–Crippen LogP) is 3.00. The predicted molar refractivity (Wildman–Crippen MR) is 120 cm³/mol. The summed E-state index contributed by atoms with van der Waals surface area (Å²) in [6.45, 7) is 1.30. The van der Waals surface area contributed by atoms with Crippen molar-refractivity contribution in [3.05, 3.63) is 99.6 Å². The zero-order valence-electron chi connectivity index (χ0n) is 17.5. The van der Waals surface area contributed by atoms with Crippen molar-refractivity contribution in [3.8, 4) is 5.75 Å². The van der Waals surface area contributed by atoms with Crippen LogP contribution in [0, 0.1) is 17.0 Å². The lowest BCUT2D eigenvalue weighted by molar-refractivity contribution is -0.385. The van der Waals surface area contributed by atoms with E-state index in [2.05, 4.69) is 16.2 Å². The number of nitro benzene ring substituents is 1. The number of amides is 3. The van der Waals surface area contributed by atoms with Crippen LogP contribution in [0.4, 0.5) is 11.4 Å². The summed E-state index contributed by atoms with van der Waals surface area (Å²) in [7, 11) is 0. The molecule has 3 amide bonds. The summed E-state index contributed by atoms with van der Waals surface area (Å²) in [5, 5.41) is 13.7. The van der Waals surface area contributed by atoms with E-state index in [1.54, 1.807) is 24.3 Å². The molecule has 0 fully saturated rings. The van der Waals surface area contributed by atoms with Gasteiger partial charge < -0.3 is 10.1 Å². The Balaban J connectivity index is 1.49. The van der Waals surface area contributed by atoms with Crippen molar-refractivity contribution < 1.29 is 24.0 Å². The summed E-state index contributed by atoms with van der Waals surface area (Å²) in [6.07, 6.45) is 0. The zero-order valence-corrected chi connectivity index (χ0v) is 17.5. The van der Waals surface area contributed by atoms with Gasteiger partial charge in [-0.3, -0.25) is 35.3 Å². The number of hydrogen-bond acceptors (Lipinski definition) is 6. The van der Waals surface area contributed by atoms with E-state index in [4.69, 9.17) is 4.74 Å². The molecular weight excluding hydrogens is 428 g/mol. The van der Waals surface area contributed by atoms with Gasteiger partial charge in [-0.05, 0) is 48.9 Å². The van der Waals surface area contributed by atoms with Crippen LogP contribution in [-0.4, -0.2) is 29.3 Å². The van der Waals surface area contributed by atoms with E-state index in [1.165, 1.54) is 36.4 Å². The second-order valence-electron chi connectivity index (χ2n) is 6.86. The Morgan fingerprint density at radius 2 is 1.55 bits per heavy atom. The molecule has 0 aromatic heterocycles. The molecule has 0 spiro atoms. The standard InChI is InChI=1S/C23H20N4O6/c1-15-6-2-3-7-18(15)23(30)24-17-12-10-16(11-13-17)22(29)26-25-21(28)14-33-20-9-5-4-8-19(20)27(31)32/h2-13H,14H2,1H3,(H,24,30)(H,25,28)(H,26,29). The molecule has 3 aromatic carbocycles. The third kappa shape index (κ3) is 6.14. The van der Waals surface area contributed by atoms with Crippen LogP contribution in [0.25, 0.3) is 0 Å². The number of carbonyl (C=O) groups is 3. The first-order valence-electron chi connectivity index (χ1n) is 9.77. The van der Waals surface area contributed by atoms with Crippen molar-refractivity contribution in [1.29, 1.82) is 0 Å². The van der Waals surface area contributed by atoms with E-state index in [1.807, 2.05) is 19.1 Å². The lowest BCUT2D eigenvalue weighted by Crippen LogP contribution is -2.43. The number of nitro groups is 1. The maximum Gasteiger partial charge on any atom is 0.310 e. The number of nitrogens with one attached hydrogen (secondary N) is 3. The number of hydrazine groups is 1. The van der Waals surface area contributed by atoms with Gasteiger partial charge in [0, 0.05) is 22.9 Å². The number of benzene rings is 3. The quantitative estimate of drug-likeness (QED) is 0.375. The molecule has 0 bridgehead atoms. The topological polar surface area (TPSA) is 140 Å². The molecule has 3 aromatic rings. The number of nitrogens with zero attached hydrogens (tertiary/aromatic N) is 1. The molecule has 0 saturated carbocycles. The van der Waals surface area contributed by atoms with Gasteiger partial charge in [0.1, 0.15) is 0 Å². The average molecular weight is 448 g/mol. The molecule has 168 valence electrons. The SMILES string of the molecule is Cc1ccccc1C(=O)Nc1ccc(C(=O)NNC(=O)COc2ccccc2[N+](=O)[O-])cc1. The number of para-hydroxylation sites is 2. The highest BCUT2D eigenvalue weighted by molar-refractivity contribution is 6.05. The molecule has 3 rings (SSSR count). The molecule has 0 aliphatic heterocycles. The van der Waals surface area contributed by atoms with Crippen LogP contribution in [0.2, 0.25) is 0 Å². The average Bonchev–Trinajstić information content (AvgIpc) is 2.82. The fourth-order valence-electron chi connectivity index (χ4n) is 2.84. The largest absolute Gasteiger partial charge is 0.477 e. The second kappa shape index (κ2) is 10.5. The zero-order chi connectivity index (χ0) is 23.8. The lowest BCUT2D eigenvalue weighted by atomic mass is 10.1. The molecule has 3 N–H and O–H groups in total. The molecule has 0 radical (unpaired) electrons. The van der Waals surface area contributed by atoms with E-state index in [0.29, 0.717) is 11.3 Å². The molecular formula is C23H20N4O6. The van der Waals surface area contributed by atoms with Crippen molar-refractivity contribution in [2.24, 2.45) is 0 Å². The monoisotopic (exact) mass is 448 g/mol. The Bertz CT molecular complexity index is 1190. The van der Waals surface area contributed by atoms with Crippen molar-refractivity contribution >= 4 is 29.1 Å². The number of anilines is 1. The van der Waals surface area contributed by atoms with E-state index in [0.717, 1.165) is 5.56 Å². The first-order valence-corrected chi connectivity index (χ1v) is 9.77. The van der Waals surface area contributed by atoms with Gasteiger partial charge in [0.25, 0.3) is 17.7 Å². The van der Waals surface area contributed by atoms with Gasteiger partial charge in [0.2, 0.25) is 0 Å². The minimum absolute atomic E-state index is 0.0627. The van der Waals surface area contributed by atoms with Crippen molar-refractivity contribution in [1.82, 2.24) is 10.9 Å². The first kappa shape index (κ1) is 22.9. The molecule has 33 heavy (non-hydrogen) atoms. The number of rotatable bonds is 7. The van der Waals surface area contributed by atoms with Crippen LogP contribution >= 0.6 is 0 Å². The van der Waals surface area contributed by atoms with Crippen LogP contribution in [0.1, 0.15) is 26.3 Å². The Morgan fingerprint density at radius 3 is 2.24 bits per heavy atom. The van der Waals surface area contributed by atoms with Crippen molar-refractivity contribution in [2.75, 3.05) is 11.9 Å². The number of aryl methyl sites for hydroxylation is 1. The molecule has 0 unspecified atom stereocenters. The fraction of sp³-hybridized carbons (Fsp3) is 0.0870. The second-order valence-corrected chi connectivity index (χ2v) is 6.86. The van der Waals surface area contributed by atoms with Gasteiger partial charge in [-0.2, -0.15) is 0 Å². The Hall–Kier alpha value is -4.73. The molecule has 0 atom stereocenters. The van der Waals surface area contributed by atoms with Crippen LogP contribution in [0.15, 0.2) is 72.8 Å². The summed E-state index contributed by atoms with van der Waals surface area (Å²) in [5.41, 5.74) is 6.25. The summed E-state index contributed by atoms with van der Waals surface area (Å²) >= 11 is 0. The van der Waals surface area contributed by atoms with Gasteiger partial charge in [-0.15, -0.1) is 0 Å². The van der Waals surface area contributed by atoms with Gasteiger partial charge >= 0.3 is 5.69 Å². The smallest absolute Gasteiger partial charge is 0.310 e. The number of hydrogen-bond donors (Lipinski definition) is 3. The first-order chi connectivity index (χ1) is 15.8. The van der Waals surface area contributed by atoms with Crippen LogP contribution < -0.4 is 20.9 Å². The third-order valence-corrected chi connectivity index (χ3v) is 4.53. The van der Waals surface area contributed by atoms with Crippen molar-refractivity contribution in [2.45, 2.75) is 6.92 Å². The molecule has 0 saturated heterocycles. The highest BCUT2D eigenvalue weighted by atomic mass is 16.6. The number of carbonyl (C=O) groups excluding carboxylic acids is 3. The minimum atomic E-state index is -0.705. The molecule has 10 nitrogen and oxygen atoms in total. The molecule has 0 heterocycles. The van der Waals surface area contributed by atoms with Gasteiger partial charge in [0.05, 0.1) is 4.92 Å². The van der Waals surface area contributed by atoms with Crippen LogP contribution in [-0.2, 0) is 4.79 Å². The van der Waals surface area contributed by atoms with E-state index < -0.39 is 23.3 Å². The normalized spacial score (nSPS) is 10.1. The van der Waals surface area contributed by atoms with Crippen molar-refractivity contribution in [3.63, 3.8) is 0 Å². The molecule has 0 aliphatic carbocycles. The lowest BCUT2D eigenvalue weighted by Gasteiger charge is -2.10. The van der Waals surface area contributed by atoms with Crippen LogP contribution in [0.5, 0.6) is 5.75 Å². The summed E-state index contributed by atoms with van der Waals surface area (Å²) in [5.74, 6) is -1.63. The van der Waals surface area contributed by atoms with Gasteiger partial charge in [-0.25, -0.2) is 0 Å².